The normalized spacial score (nSPS) is 20.3. The molecule has 1 aromatic carbocycles. The molecule has 0 aliphatic carbocycles. The Hall–Kier alpha value is -2.95. The molecule has 248 valence electrons. The van der Waals surface area contributed by atoms with E-state index in [4.69, 9.17) is 19.3 Å². The van der Waals surface area contributed by atoms with Crippen LogP contribution < -0.4 is 0 Å². The molecule has 1 aromatic heterocycles. The second kappa shape index (κ2) is 14.2. The maximum absolute atomic E-state index is 12.5. The van der Waals surface area contributed by atoms with Crippen LogP contribution in [-0.2, 0) is 25.5 Å². The number of ether oxygens (including phenoxy) is 3. The third-order valence-electron chi connectivity index (χ3n) is 8.71. The van der Waals surface area contributed by atoms with Crippen molar-refractivity contribution in [3.63, 3.8) is 0 Å². The van der Waals surface area contributed by atoms with Crippen LogP contribution in [-0.4, -0.2) is 107 Å². The summed E-state index contributed by atoms with van der Waals surface area (Å²) in [6, 6.07) is 7.00. The van der Waals surface area contributed by atoms with E-state index in [-0.39, 0.29) is 18.1 Å². The van der Waals surface area contributed by atoms with Crippen molar-refractivity contribution in [3.05, 3.63) is 35.5 Å². The second-order valence-corrected chi connectivity index (χ2v) is 14.8. The van der Waals surface area contributed by atoms with E-state index in [2.05, 4.69) is 44.8 Å². The number of esters is 1. The summed E-state index contributed by atoms with van der Waals surface area (Å²) in [6.45, 7) is 19.1. The minimum Gasteiger partial charge on any atom is -0.459 e. The summed E-state index contributed by atoms with van der Waals surface area (Å²) in [7, 11) is 0. The van der Waals surface area contributed by atoms with Crippen molar-refractivity contribution in [2.75, 3.05) is 59.0 Å². The lowest BCUT2D eigenvalue weighted by Crippen LogP contribution is -2.41. The van der Waals surface area contributed by atoms with Crippen LogP contribution in [0.1, 0.15) is 84.5 Å². The average Bonchev–Trinajstić information content (AvgIpc) is 3.32. The smallest absolute Gasteiger partial charge is 0.410 e. The number of hydrogen-bond donors (Lipinski definition) is 0. The molecule has 0 unspecified atom stereocenters. The number of aromatic nitrogens is 2. The van der Waals surface area contributed by atoms with Crippen LogP contribution in [0.4, 0.5) is 4.79 Å². The van der Waals surface area contributed by atoms with Gasteiger partial charge in [0.05, 0.1) is 37.0 Å². The third-order valence-corrected chi connectivity index (χ3v) is 8.71. The summed E-state index contributed by atoms with van der Waals surface area (Å²) in [5.41, 5.74) is 2.52. The molecule has 0 saturated carbocycles. The van der Waals surface area contributed by atoms with Crippen molar-refractivity contribution >= 4 is 29.0 Å². The topological polar surface area (TPSA) is 89.4 Å². The number of rotatable bonds is 7. The quantitative estimate of drug-likeness (QED) is 0.374. The molecular weight excluding hydrogens is 570 g/mol. The SMILES string of the molecule is CC(C)(C)OC(=O)CN1CCC(n2nc(CN3CCOCC3)c3cc(/C=C/C4CCN(C(=O)OC(C)(C)C)CC4)ccc32)CC1. The fourth-order valence-corrected chi connectivity index (χ4v) is 6.42. The van der Waals surface area contributed by atoms with E-state index in [9.17, 15) is 9.59 Å². The summed E-state index contributed by atoms with van der Waals surface area (Å²) in [4.78, 5) is 31.3. The predicted octanol–water partition coefficient (Wildman–Crippen LogP) is 5.51. The van der Waals surface area contributed by atoms with Gasteiger partial charge in [-0.2, -0.15) is 5.10 Å². The lowest BCUT2D eigenvalue weighted by Gasteiger charge is -2.32. The molecule has 45 heavy (non-hydrogen) atoms. The molecule has 0 N–H and O–H groups in total. The summed E-state index contributed by atoms with van der Waals surface area (Å²) < 4.78 is 18.9. The Kier molecular flexibility index (Phi) is 10.6. The first-order valence-electron chi connectivity index (χ1n) is 16.7. The maximum Gasteiger partial charge on any atom is 0.410 e. The molecule has 3 saturated heterocycles. The van der Waals surface area contributed by atoms with Crippen LogP contribution in [0.3, 0.4) is 0 Å². The van der Waals surface area contributed by atoms with Crippen LogP contribution in [0.5, 0.6) is 0 Å². The lowest BCUT2D eigenvalue weighted by atomic mass is 9.95. The lowest BCUT2D eigenvalue weighted by molar-refractivity contribution is -0.156. The Morgan fingerprint density at radius 1 is 0.889 bits per heavy atom. The molecule has 0 spiro atoms. The zero-order valence-corrected chi connectivity index (χ0v) is 28.2. The van der Waals surface area contributed by atoms with E-state index in [0.29, 0.717) is 12.5 Å². The van der Waals surface area contributed by atoms with E-state index >= 15 is 0 Å². The minimum absolute atomic E-state index is 0.160. The van der Waals surface area contributed by atoms with Crippen LogP contribution in [0.2, 0.25) is 0 Å². The number of morpholine rings is 1. The van der Waals surface area contributed by atoms with Gasteiger partial charge in [0.1, 0.15) is 11.2 Å². The van der Waals surface area contributed by atoms with Crippen molar-refractivity contribution in [1.29, 1.82) is 0 Å². The Morgan fingerprint density at radius 3 is 2.20 bits per heavy atom. The highest BCUT2D eigenvalue weighted by Gasteiger charge is 2.28. The summed E-state index contributed by atoms with van der Waals surface area (Å²) >= 11 is 0. The van der Waals surface area contributed by atoms with Gasteiger partial charge < -0.3 is 19.1 Å². The van der Waals surface area contributed by atoms with E-state index in [1.165, 1.54) is 16.5 Å². The monoisotopic (exact) mass is 623 g/mol. The van der Waals surface area contributed by atoms with E-state index in [0.717, 1.165) is 90.4 Å². The van der Waals surface area contributed by atoms with Gasteiger partial charge in [0.25, 0.3) is 0 Å². The highest BCUT2D eigenvalue weighted by Crippen LogP contribution is 2.31. The highest BCUT2D eigenvalue weighted by molar-refractivity contribution is 5.84. The Morgan fingerprint density at radius 2 is 1.56 bits per heavy atom. The van der Waals surface area contributed by atoms with Gasteiger partial charge in [0.2, 0.25) is 0 Å². The van der Waals surface area contributed by atoms with Gasteiger partial charge in [-0.25, -0.2) is 4.79 Å². The zero-order chi connectivity index (χ0) is 32.2. The number of nitrogens with zero attached hydrogens (tertiary/aromatic N) is 5. The number of allylic oxidation sites excluding steroid dienone is 1. The van der Waals surface area contributed by atoms with E-state index < -0.39 is 11.2 Å². The van der Waals surface area contributed by atoms with Crippen LogP contribution in [0, 0.1) is 5.92 Å². The molecule has 3 fully saturated rings. The number of benzene rings is 1. The van der Waals surface area contributed by atoms with Crippen LogP contribution in [0.15, 0.2) is 24.3 Å². The van der Waals surface area contributed by atoms with E-state index in [1.54, 1.807) is 0 Å². The maximum atomic E-state index is 12.5. The zero-order valence-electron chi connectivity index (χ0n) is 28.2. The van der Waals surface area contributed by atoms with Crippen molar-refractivity contribution < 1.29 is 23.8 Å². The molecule has 0 radical (unpaired) electrons. The first-order chi connectivity index (χ1) is 21.3. The van der Waals surface area contributed by atoms with Gasteiger partial charge in [0, 0.05) is 51.2 Å². The van der Waals surface area contributed by atoms with Gasteiger partial charge in [-0.05, 0) is 90.8 Å². The van der Waals surface area contributed by atoms with Gasteiger partial charge in [-0.3, -0.25) is 19.3 Å². The van der Waals surface area contributed by atoms with Crippen LogP contribution in [0.25, 0.3) is 17.0 Å². The summed E-state index contributed by atoms with van der Waals surface area (Å²) in [6.07, 6.45) is 8.09. The van der Waals surface area contributed by atoms with E-state index in [1.807, 2.05) is 46.4 Å². The van der Waals surface area contributed by atoms with Gasteiger partial charge in [-0.15, -0.1) is 0 Å². The van der Waals surface area contributed by atoms with Gasteiger partial charge in [0.15, 0.2) is 0 Å². The largest absolute Gasteiger partial charge is 0.459 e. The number of hydrogen-bond acceptors (Lipinski definition) is 8. The number of piperidine rings is 2. The molecule has 5 rings (SSSR count). The summed E-state index contributed by atoms with van der Waals surface area (Å²) in [5.74, 6) is 0.272. The fraction of sp³-hybridized carbons (Fsp3) is 0.686. The first kappa shape index (κ1) is 33.4. The van der Waals surface area contributed by atoms with Gasteiger partial charge in [-0.1, -0.05) is 18.2 Å². The number of fused-ring (bicyclic) bond motifs is 1. The third kappa shape index (κ3) is 9.53. The molecule has 2 aromatic rings. The van der Waals surface area contributed by atoms with Crippen molar-refractivity contribution in [3.8, 4) is 0 Å². The van der Waals surface area contributed by atoms with Gasteiger partial charge >= 0.3 is 12.1 Å². The summed E-state index contributed by atoms with van der Waals surface area (Å²) in [5, 5.41) is 6.44. The number of carbonyl (C=O) groups excluding carboxylic acids is 2. The van der Waals surface area contributed by atoms with Crippen LogP contribution >= 0.6 is 0 Å². The molecule has 10 heteroatoms. The average molecular weight is 624 g/mol. The number of carbonyl (C=O) groups is 2. The molecule has 3 aliphatic rings. The highest BCUT2D eigenvalue weighted by atomic mass is 16.6. The minimum atomic E-state index is -0.472. The Bertz CT molecular complexity index is 1330. The Balaban J connectivity index is 1.26. The fourth-order valence-electron chi connectivity index (χ4n) is 6.42. The van der Waals surface area contributed by atoms with Crippen molar-refractivity contribution in [2.24, 2.45) is 5.92 Å². The Labute approximate surface area is 268 Å². The number of amides is 1. The molecule has 0 bridgehead atoms. The standard InChI is InChI=1S/C35H53N5O5/c1-34(2,3)44-32(41)25-37-15-13-28(14-16-37)40-31-10-9-27(23-29(31)30(36-40)24-38-19-21-43-22-20-38)8-7-26-11-17-39(18-12-26)33(42)45-35(4,5)6/h7-10,23,26,28H,11-22,24-25H2,1-6H3/b8-7+. The molecule has 0 atom stereocenters. The molecular formula is C35H53N5O5. The predicted molar refractivity (Wildman–Crippen MR) is 176 cm³/mol. The molecule has 4 heterocycles. The second-order valence-electron chi connectivity index (χ2n) is 14.8. The first-order valence-corrected chi connectivity index (χ1v) is 16.7. The number of likely N-dealkylation sites (tertiary alicyclic amines) is 2. The molecule has 3 aliphatic heterocycles. The molecule has 10 nitrogen and oxygen atoms in total. The van der Waals surface area contributed by atoms with Crippen molar-refractivity contribution in [1.82, 2.24) is 24.5 Å². The molecule has 1 amide bonds. The van der Waals surface area contributed by atoms with Crippen molar-refractivity contribution in [2.45, 2.75) is 91.0 Å².